The number of rotatable bonds is 14. The fraction of sp³-hybridized carbons (Fsp3) is 0.538. The predicted octanol–water partition coefficient (Wildman–Crippen LogP) is -5.08. The molecule has 0 saturated heterocycles. The van der Waals surface area contributed by atoms with Gasteiger partial charge in [-0.15, -0.1) is 0 Å². The van der Waals surface area contributed by atoms with Crippen LogP contribution in [0.3, 0.4) is 0 Å². The molecule has 0 fully saturated rings. The number of hydrogen-bond acceptors (Lipinski definition) is 9. The van der Waals surface area contributed by atoms with E-state index in [4.69, 9.17) is 44.8 Å². The van der Waals surface area contributed by atoms with E-state index in [1.54, 1.807) is 0 Å². The molecule has 0 aliphatic heterocycles. The third-order valence-electron chi connectivity index (χ3n) is 10.8. The Morgan fingerprint density at radius 1 is 0.315 bits per heavy atom. The Kier molecular flexibility index (Phi) is 160. The molecule has 0 aliphatic rings. The second-order valence-electron chi connectivity index (χ2n) is 16.7. The zero-order valence-corrected chi connectivity index (χ0v) is 80.3. The molecule has 6 rings (SSSR count). The van der Waals surface area contributed by atoms with Crippen molar-refractivity contribution in [1.82, 2.24) is 58.1 Å². The first-order valence-electron chi connectivity index (χ1n) is 23.9. The molecular weight excluding hydrogens is 2220 g/mol. The first-order chi connectivity index (χ1) is 31.1. The molecule has 16 nitrogen and oxygen atoms in total. The molecule has 6 aromatic rings. The standard InChI is InChI=1S/2C15H22BN6.C6H14N.3C4H10O.4CH3.5BrH.6Cu.6S.2W/c2*1-10-7-13(4)20(17-10)16(21-14(5)8-11(2)18-21)22-15(6)9-12(3)19-22;1-5-7(3,4)6-2;3*1-3-5-4-2;;;;;;;;;;;;;;;;;;;;;;;/h2*7-9,16H,1-6H3;3-6H2,1-2H3;3*3-4H2,1-2H3;4*1H3;5*1H;;;;;;;;;;;;;;/q3*-1;;;;4*-1;;;;;;6*+2;6*-2;;/p-5. The zero-order valence-electron chi connectivity index (χ0n) is 56.0. The van der Waals surface area contributed by atoms with E-state index >= 15 is 0 Å². The Balaban J connectivity index is -0.0000000293. The molecule has 0 amide bonds. The van der Waals surface area contributed by atoms with Crippen LogP contribution in [0.5, 0.6) is 0 Å². The van der Waals surface area contributed by atoms with Crippen molar-refractivity contribution in [3.05, 3.63) is 149 Å². The molecule has 0 aromatic carbocycles. The second kappa shape index (κ2) is 88.3. The van der Waals surface area contributed by atoms with Crippen LogP contribution in [-0.2, 0) is 240 Å². The molecule has 0 saturated carbocycles. The maximum Gasteiger partial charge on any atom is 2.00 e. The Morgan fingerprint density at radius 3 is 0.472 bits per heavy atom. The average molecular weight is 2320 g/mol. The van der Waals surface area contributed by atoms with E-state index in [2.05, 4.69) is 133 Å². The fourth-order valence-electron chi connectivity index (χ4n) is 7.36. The third-order valence-corrected chi connectivity index (χ3v) is 10.8. The van der Waals surface area contributed by atoms with Gasteiger partial charge >= 0.3 is 117 Å². The quantitative estimate of drug-likeness (QED) is 0.0598. The molecule has 558 valence electrons. The van der Waals surface area contributed by atoms with E-state index < -0.39 is 14.2 Å². The van der Waals surface area contributed by atoms with Crippen LogP contribution in [0, 0.1) is 127 Å². The van der Waals surface area contributed by atoms with Crippen molar-refractivity contribution < 1.29 is 248 Å². The van der Waals surface area contributed by atoms with Gasteiger partial charge < -0.3 is 242 Å². The normalized spacial score (nSPS) is 8.09. The maximum atomic E-state index is 4.83. The Morgan fingerprint density at radius 2 is 0.427 bits per heavy atom. The van der Waals surface area contributed by atoms with E-state index in [-0.39, 0.29) is 340 Å². The summed E-state index contributed by atoms with van der Waals surface area (Å²) >= 11 is 0. The monoisotopic (exact) mass is 2310 g/mol. The number of halogens is 5. The van der Waals surface area contributed by atoms with Crippen LogP contribution in [0.15, 0.2) is 36.4 Å². The van der Waals surface area contributed by atoms with Gasteiger partial charge in [-0.2, -0.15) is 14.1 Å². The first kappa shape index (κ1) is 161. The van der Waals surface area contributed by atoms with E-state index in [9.17, 15) is 0 Å². The smallest absolute Gasteiger partial charge is 2.00 e. The molecular formula is C52H100B2Br5Cu6N13O3S6W2-12. The minimum atomic E-state index is -1.26. The number of nitrogens with zero attached hydrogens (tertiary/aromatic N) is 13. The molecule has 6 radical (unpaired) electrons. The van der Waals surface area contributed by atoms with Gasteiger partial charge in [0.15, 0.2) is 0 Å². The van der Waals surface area contributed by atoms with Crippen LogP contribution in [0.1, 0.15) is 124 Å². The van der Waals surface area contributed by atoms with Crippen LogP contribution < -0.4 is 84.9 Å². The predicted molar refractivity (Wildman–Crippen MR) is 345 cm³/mol. The third kappa shape index (κ3) is 59.6. The van der Waals surface area contributed by atoms with Crippen LogP contribution in [0.25, 0.3) is 0 Å². The summed E-state index contributed by atoms with van der Waals surface area (Å²) in [6.07, 6.45) is 0. The van der Waals surface area contributed by atoms with Crippen molar-refractivity contribution in [3.63, 3.8) is 0 Å². The molecule has 37 heteroatoms. The Labute approximate surface area is 731 Å². The first-order valence-corrected chi connectivity index (χ1v) is 23.9. The molecule has 0 atom stereocenters. The van der Waals surface area contributed by atoms with E-state index in [0.717, 1.165) is 121 Å². The largest absolute Gasteiger partial charge is 2.00 e. The topological polar surface area (TPSA) is 135 Å². The van der Waals surface area contributed by atoms with Gasteiger partial charge in [-0.05, 0) is 209 Å². The zero-order chi connectivity index (χ0) is 50.3. The van der Waals surface area contributed by atoms with Crippen LogP contribution in [0.2, 0.25) is 0 Å². The van der Waals surface area contributed by atoms with Crippen molar-refractivity contribution in [2.75, 3.05) is 52.7 Å². The van der Waals surface area contributed by atoms with Crippen molar-refractivity contribution in [1.29, 1.82) is 0 Å². The van der Waals surface area contributed by atoms with Gasteiger partial charge in [-0.25, -0.2) is 30.6 Å². The Bertz CT molecular complexity index is 1970. The number of hydrogen-bond donors (Lipinski definition) is 0. The number of aromatic nitrogens is 12. The van der Waals surface area contributed by atoms with Crippen molar-refractivity contribution in [2.24, 2.45) is 0 Å². The molecule has 89 heavy (non-hydrogen) atoms. The van der Waals surface area contributed by atoms with Gasteiger partial charge in [0, 0.05) is 94.9 Å². The van der Waals surface area contributed by atoms with Crippen LogP contribution in [0.4, 0.5) is 0 Å². The SMILES string of the molecule is CCOCC.CCOCC.CCOCC.Cc1cc(C)n([BH-](n2nc(C)cc2C)n2nc(C)cc2C)n1.Cc1cc(C)n([BH-](n2nc(C)cc2C)n2nc(C)cc2C)n1.[Br-].[Br-].[Br-].[Br-].[Br-].[CH2-][N+]([CH2-])(CC)CC.[CH3-].[CH3-].[CH3-].[CH3-].[Cu+2].[Cu+2].[Cu+2].[Cu+2].[Cu+2].[Cu+2].[S-2].[S-2].[S-2].[S-2].[S-2].[S-2].[W].[W]. The summed E-state index contributed by atoms with van der Waals surface area (Å²) in [5, 5.41) is 28.2. The van der Waals surface area contributed by atoms with Crippen molar-refractivity contribution in [2.45, 2.75) is 138 Å². The number of aryl methyl sites for hydroxylation is 12. The summed E-state index contributed by atoms with van der Waals surface area (Å²) in [6.45, 7) is 47.8. The van der Waals surface area contributed by atoms with Gasteiger partial charge in [0.25, 0.3) is 0 Å². The summed E-state index contributed by atoms with van der Waals surface area (Å²) in [7, 11) is 5.15. The maximum absolute atomic E-state index is 4.83. The van der Waals surface area contributed by atoms with Crippen LogP contribution in [-0.4, -0.2) is 130 Å². The molecule has 6 aromatic heterocycles. The van der Waals surface area contributed by atoms with E-state index in [1.165, 1.54) is 0 Å². The average Bonchev–Trinajstić information content (AvgIpc) is 4.10. The van der Waals surface area contributed by atoms with Gasteiger partial charge in [0.05, 0.1) is 34.2 Å². The molecule has 6 heterocycles. The minimum Gasteiger partial charge on any atom is -2.00 e. The second-order valence-corrected chi connectivity index (χ2v) is 16.7. The van der Waals surface area contributed by atoms with Gasteiger partial charge in [0.1, 0.15) is 0 Å². The summed E-state index contributed by atoms with van der Waals surface area (Å²) < 4.78 is 27.5. The fourth-order valence-corrected chi connectivity index (χ4v) is 7.36. The molecule has 0 bridgehead atoms. The van der Waals surface area contributed by atoms with Gasteiger partial charge in [-0.3, -0.25) is 0 Å². The summed E-state index contributed by atoms with van der Waals surface area (Å²) in [4.78, 5) is 0. The molecule has 0 aliphatic carbocycles. The van der Waals surface area contributed by atoms with Crippen molar-refractivity contribution in [3.8, 4) is 0 Å². The summed E-state index contributed by atoms with van der Waals surface area (Å²) in [5.41, 5.74) is 12.8. The van der Waals surface area contributed by atoms with Crippen LogP contribution >= 0.6 is 0 Å². The van der Waals surface area contributed by atoms with E-state index in [0.29, 0.717) is 4.48 Å². The summed E-state index contributed by atoms with van der Waals surface area (Å²) in [6, 6.07) is 12.6. The van der Waals surface area contributed by atoms with Gasteiger partial charge in [-0.1, -0.05) is 0 Å². The molecule has 0 spiro atoms. The molecule has 0 N–H and O–H groups in total. The number of quaternary nitrogens is 1. The van der Waals surface area contributed by atoms with E-state index in [1.807, 2.05) is 83.1 Å². The van der Waals surface area contributed by atoms with Gasteiger partial charge in [0.2, 0.25) is 0 Å². The number of ether oxygens (including phenoxy) is 3. The minimum absolute atomic E-state index is 0. The Hall–Kier alpha value is 4.22. The summed E-state index contributed by atoms with van der Waals surface area (Å²) in [5.74, 6) is 0. The van der Waals surface area contributed by atoms with Crippen molar-refractivity contribution >= 4 is 95.2 Å². The molecule has 0 unspecified atom stereocenters.